The molecule has 2 heterocycles. The van der Waals surface area contributed by atoms with E-state index in [1.807, 2.05) is 0 Å². The first-order valence-corrected chi connectivity index (χ1v) is 6.64. The van der Waals surface area contributed by atoms with Gasteiger partial charge in [-0.1, -0.05) is 0 Å². The van der Waals surface area contributed by atoms with Gasteiger partial charge in [0.25, 0.3) is 0 Å². The Balaban J connectivity index is 1.84. The molecule has 0 spiro atoms. The topological polar surface area (TPSA) is 67.8 Å². The van der Waals surface area contributed by atoms with Crippen molar-refractivity contribution in [1.29, 1.82) is 0 Å². The van der Waals surface area contributed by atoms with Gasteiger partial charge in [-0.25, -0.2) is 0 Å². The van der Waals surface area contributed by atoms with Crippen molar-refractivity contribution in [3.05, 3.63) is 0 Å². The molecule has 0 aromatic carbocycles. The molecule has 0 radical (unpaired) electrons. The number of ether oxygens (including phenoxy) is 2. The number of carboxylic acids is 1. The maximum absolute atomic E-state index is 11.2. The van der Waals surface area contributed by atoms with Crippen LogP contribution < -0.4 is 5.32 Å². The fraction of sp³-hybridized carbons (Fsp3) is 0.900. The minimum atomic E-state index is -0.758. The second-order valence-electron chi connectivity index (χ2n) is 4.14. The van der Waals surface area contributed by atoms with Crippen molar-refractivity contribution < 1.29 is 19.4 Å². The van der Waals surface area contributed by atoms with E-state index < -0.39 is 11.5 Å². The van der Waals surface area contributed by atoms with Gasteiger partial charge in [0.05, 0.1) is 25.9 Å². The predicted octanol–water partition coefficient (Wildman–Crippen LogP) is -0.0483. The van der Waals surface area contributed by atoms with Gasteiger partial charge in [0.2, 0.25) is 0 Å². The predicted molar refractivity (Wildman–Crippen MR) is 60.9 cm³/mol. The van der Waals surface area contributed by atoms with Crippen LogP contribution in [0, 0.1) is 0 Å². The molecule has 2 saturated heterocycles. The number of carbonyl (C=O) groups is 1. The summed E-state index contributed by atoms with van der Waals surface area (Å²) in [6, 6.07) is 0. The smallest absolute Gasteiger partial charge is 0.324 e. The molecule has 0 bridgehead atoms. The zero-order valence-electron chi connectivity index (χ0n) is 9.11. The van der Waals surface area contributed by atoms with Crippen LogP contribution in [0.25, 0.3) is 0 Å². The van der Waals surface area contributed by atoms with Crippen LogP contribution in [0.15, 0.2) is 0 Å². The highest BCUT2D eigenvalue weighted by Gasteiger charge is 2.41. The van der Waals surface area contributed by atoms with Gasteiger partial charge in [-0.15, -0.1) is 0 Å². The Morgan fingerprint density at radius 3 is 3.00 bits per heavy atom. The van der Waals surface area contributed by atoms with Gasteiger partial charge in [0.1, 0.15) is 5.54 Å². The normalized spacial score (nSPS) is 35.1. The molecule has 2 aliphatic rings. The summed E-state index contributed by atoms with van der Waals surface area (Å²) in [5.74, 6) is 0.784. The van der Waals surface area contributed by atoms with Crippen LogP contribution in [-0.2, 0) is 14.3 Å². The lowest BCUT2D eigenvalue weighted by Crippen LogP contribution is -2.55. The van der Waals surface area contributed by atoms with E-state index in [1.165, 1.54) is 0 Å². The van der Waals surface area contributed by atoms with E-state index in [-0.39, 0.29) is 6.10 Å². The molecule has 0 aromatic heterocycles. The van der Waals surface area contributed by atoms with Crippen LogP contribution in [-0.4, -0.2) is 60.6 Å². The van der Waals surface area contributed by atoms with Gasteiger partial charge in [0.15, 0.2) is 0 Å². The van der Waals surface area contributed by atoms with Crippen molar-refractivity contribution in [1.82, 2.24) is 5.32 Å². The molecular weight excluding hydrogens is 230 g/mol. The van der Waals surface area contributed by atoms with E-state index in [1.54, 1.807) is 11.8 Å². The van der Waals surface area contributed by atoms with Gasteiger partial charge in [0, 0.05) is 12.3 Å². The van der Waals surface area contributed by atoms with Crippen molar-refractivity contribution in [2.45, 2.75) is 18.1 Å². The molecule has 5 nitrogen and oxygen atoms in total. The third-order valence-corrected chi connectivity index (χ3v) is 4.17. The molecule has 2 unspecified atom stereocenters. The number of thioether (sulfide) groups is 1. The number of nitrogens with one attached hydrogen (secondary N) is 1. The van der Waals surface area contributed by atoms with Crippen molar-refractivity contribution in [2.24, 2.45) is 0 Å². The van der Waals surface area contributed by atoms with Crippen molar-refractivity contribution in [3.8, 4) is 0 Å². The monoisotopic (exact) mass is 247 g/mol. The van der Waals surface area contributed by atoms with E-state index in [0.717, 1.165) is 5.75 Å². The average molecular weight is 247 g/mol. The highest BCUT2D eigenvalue weighted by molar-refractivity contribution is 7.99. The SMILES string of the molecule is O=C(O)C1(NCC2COCCO2)CCSC1. The Morgan fingerprint density at radius 2 is 2.44 bits per heavy atom. The Kier molecular flexibility index (Phi) is 4.07. The zero-order chi connectivity index (χ0) is 11.4. The molecule has 2 rings (SSSR count). The highest BCUT2D eigenvalue weighted by atomic mass is 32.2. The minimum Gasteiger partial charge on any atom is -0.480 e. The molecule has 2 aliphatic heterocycles. The molecule has 0 aliphatic carbocycles. The molecule has 2 atom stereocenters. The zero-order valence-corrected chi connectivity index (χ0v) is 9.92. The van der Waals surface area contributed by atoms with E-state index in [4.69, 9.17) is 9.47 Å². The number of aliphatic carboxylic acids is 1. The molecule has 2 fully saturated rings. The summed E-state index contributed by atoms with van der Waals surface area (Å²) in [6.45, 7) is 2.33. The minimum absolute atomic E-state index is 0.0180. The molecule has 6 heteroatoms. The summed E-state index contributed by atoms with van der Waals surface area (Å²) in [7, 11) is 0. The maximum Gasteiger partial charge on any atom is 0.324 e. The van der Waals surface area contributed by atoms with Gasteiger partial charge < -0.3 is 14.6 Å². The van der Waals surface area contributed by atoms with E-state index in [9.17, 15) is 9.90 Å². The van der Waals surface area contributed by atoms with Crippen LogP contribution in [0.3, 0.4) is 0 Å². The summed E-state index contributed by atoms with van der Waals surface area (Å²) < 4.78 is 10.7. The molecular formula is C10H17NO4S. The van der Waals surface area contributed by atoms with Crippen molar-refractivity contribution in [2.75, 3.05) is 37.9 Å². The Labute approximate surface area is 98.9 Å². The molecule has 0 amide bonds. The third-order valence-electron chi connectivity index (χ3n) is 2.98. The lowest BCUT2D eigenvalue weighted by atomic mass is 9.99. The average Bonchev–Trinajstić information content (AvgIpc) is 2.78. The molecule has 2 N–H and O–H groups in total. The van der Waals surface area contributed by atoms with E-state index >= 15 is 0 Å². The molecule has 0 aromatic rings. The Hall–Kier alpha value is -0.300. The van der Waals surface area contributed by atoms with Gasteiger partial charge in [-0.2, -0.15) is 11.8 Å². The van der Waals surface area contributed by atoms with Crippen LogP contribution in [0.5, 0.6) is 0 Å². The van der Waals surface area contributed by atoms with Crippen LogP contribution in [0.4, 0.5) is 0 Å². The largest absolute Gasteiger partial charge is 0.480 e. The standard InChI is InChI=1S/C10H17NO4S/c12-9(13)10(1-4-16-7-10)11-5-8-6-14-2-3-15-8/h8,11H,1-7H2,(H,12,13). The first-order valence-electron chi connectivity index (χ1n) is 5.48. The molecule has 92 valence electrons. The first kappa shape index (κ1) is 12.2. The Morgan fingerprint density at radius 1 is 1.56 bits per heavy atom. The van der Waals surface area contributed by atoms with Crippen molar-refractivity contribution >= 4 is 17.7 Å². The molecule has 16 heavy (non-hydrogen) atoms. The van der Waals surface area contributed by atoms with Gasteiger partial charge in [-0.3, -0.25) is 10.1 Å². The highest BCUT2D eigenvalue weighted by Crippen LogP contribution is 2.28. The number of hydrogen-bond donors (Lipinski definition) is 2. The summed E-state index contributed by atoms with van der Waals surface area (Å²) in [5.41, 5.74) is -0.758. The van der Waals surface area contributed by atoms with E-state index in [0.29, 0.717) is 38.5 Å². The molecule has 0 saturated carbocycles. The maximum atomic E-state index is 11.2. The summed E-state index contributed by atoms with van der Waals surface area (Å²) in [4.78, 5) is 11.2. The second kappa shape index (κ2) is 5.35. The van der Waals surface area contributed by atoms with Crippen LogP contribution in [0.2, 0.25) is 0 Å². The lowest BCUT2D eigenvalue weighted by molar-refractivity contribution is -0.144. The summed E-state index contributed by atoms with van der Waals surface area (Å²) >= 11 is 1.68. The van der Waals surface area contributed by atoms with Crippen LogP contribution >= 0.6 is 11.8 Å². The lowest BCUT2D eigenvalue weighted by Gasteiger charge is -2.29. The quantitative estimate of drug-likeness (QED) is 0.726. The van der Waals surface area contributed by atoms with E-state index in [2.05, 4.69) is 5.32 Å². The second-order valence-corrected chi connectivity index (χ2v) is 5.24. The Bertz CT molecular complexity index is 249. The number of rotatable bonds is 4. The number of carboxylic acid groups (broad SMARTS) is 1. The first-order chi connectivity index (χ1) is 7.73. The van der Waals surface area contributed by atoms with Gasteiger partial charge >= 0.3 is 5.97 Å². The fourth-order valence-corrected chi connectivity index (χ4v) is 3.27. The number of hydrogen-bond acceptors (Lipinski definition) is 5. The summed E-state index contributed by atoms with van der Waals surface area (Å²) in [5, 5.41) is 12.4. The fourth-order valence-electron chi connectivity index (χ4n) is 1.91. The van der Waals surface area contributed by atoms with Gasteiger partial charge in [-0.05, 0) is 12.2 Å². The van der Waals surface area contributed by atoms with Crippen LogP contribution in [0.1, 0.15) is 6.42 Å². The van der Waals surface area contributed by atoms with Crippen molar-refractivity contribution in [3.63, 3.8) is 0 Å². The third kappa shape index (κ3) is 2.68. The summed E-state index contributed by atoms with van der Waals surface area (Å²) in [6.07, 6.45) is 0.663.